The maximum absolute atomic E-state index is 5.75. The predicted molar refractivity (Wildman–Crippen MR) is 56.6 cm³/mol. The molecule has 1 aromatic heterocycles. The monoisotopic (exact) mass is 194 g/mol. The lowest BCUT2D eigenvalue weighted by Crippen LogP contribution is -2.16. The lowest BCUT2D eigenvalue weighted by atomic mass is 10.2. The Kier molecular flexibility index (Phi) is 3.94. The smallest absolute Gasteiger partial charge is 0.0978 e. The van der Waals surface area contributed by atoms with Crippen molar-refractivity contribution in [2.45, 2.75) is 32.7 Å². The molecule has 0 amide bonds. The highest BCUT2D eigenvalue weighted by molar-refractivity contribution is 7.06. The quantitative estimate of drug-likeness (QED) is 0.731. The van der Waals surface area contributed by atoms with Gasteiger partial charge < -0.3 is 5.73 Å². The number of nitrogens with zero attached hydrogens (tertiary/aromatic N) is 1. The summed E-state index contributed by atoms with van der Waals surface area (Å²) >= 11 is 1.43. The van der Waals surface area contributed by atoms with E-state index in [0.717, 1.165) is 23.4 Å². The Balaban J connectivity index is 2.56. The van der Waals surface area contributed by atoms with Crippen molar-refractivity contribution in [3.8, 4) is 11.8 Å². The fraction of sp³-hybridized carbons (Fsp3) is 0.500. The Morgan fingerprint density at radius 1 is 1.69 bits per heavy atom. The van der Waals surface area contributed by atoms with Gasteiger partial charge in [-0.3, -0.25) is 0 Å². The van der Waals surface area contributed by atoms with E-state index in [1.165, 1.54) is 11.5 Å². The molecule has 1 rings (SSSR count). The van der Waals surface area contributed by atoms with Gasteiger partial charge >= 0.3 is 0 Å². The molecule has 0 aromatic carbocycles. The van der Waals surface area contributed by atoms with Crippen LogP contribution in [-0.2, 0) is 0 Å². The summed E-state index contributed by atoms with van der Waals surface area (Å²) in [4.78, 5) is 1.00. The normalized spacial score (nSPS) is 11.9. The van der Waals surface area contributed by atoms with Crippen LogP contribution in [-0.4, -0.2) is 10.4 Å². The molecule has 1 atom stereocenters. The van der Waals surface area contributed by atoms with Gasteiger partial charge in [0.25, 0.3) is 0 Å². The van der Waals surface area contributed by atoms with Crippen molar-refractivity contribution in [1.82, 2.24) is 4.37 Å². The molecule has 70 valence electrons. The van der Waals surface area contributed by atoms with Crippen LogP contribution in [0.2, 0.25) is 0 Å². The summed E-state index contributed by atoms with van der Waals surface area (Å²) in [6.07, 6.45) is 2.04. The molecule has 0 saturated heterocycles. The summed E-state index contributed by atoms with van der Waals surface area (Å²) in [5.41, 5.74) is 6.78. The maximum atomic E-state index is 5.75. The molecular formula is C10H14N2S. The number of aromatic nitrogens is 1. The lowest BCUT2D eigenvalue weighted by molar-refractivity contribution is 0.720. The Morgan fingerprint density at radius 3 is 3.00 bits per heavy atom. The van der Waals surface area contributed by atoms with Crippen LogP contribution in [0.15, 0.2) is 6.07 Å². The van der Waals surface area contributed by atoms with Crippen molar-refractivity contribution in [3.05, 3.63) is 16.6 Å². The average molecular weight is 194 g/mol. The van der Waals surface area contributed by atoms with E-state index < -0.39 is 0 Å². The zero-order valence-corrected chi connectivity index (χ0v) is 8.82. The van der Waals surface area contributed by atoms with Crippen LogP contribution in [0.25, 0.3) is 0 Å². The molecule has 1 aromatic rings. The lowest BCUT2D eigenvalue weighted by Gasteiger charge is -1.97. The van der Waals surface area contributed by atoms with Crippen molar-refractivity contribution >= 4 is 11.5 Å². The van der Waals surface area contributed by atoms with E-state index >= 15 is 0 Å². The number of nitrogens with two attached hydrogens (primary N) is 1. The van der Waals surface area contributed by atoms with E-state index in [9.17, 15) is 0 Å². The second-order valence-electron chi connectivity index (χ2n) is 3.00. The molecule has 0 radical (unpaired) electrons. The highest BCUT2D eigenvalue weighted by atomic mass is 32.1. The molecule has 0 aliphatic heterocycles. The molecule has 3 heteroatoms. The van der Waals surface area contributed by atoms with Crippen molar-refractivity contribution in [2.24, 2.45) is 5.73 Å². The second kappa shape index (κ2) is 5.00. The van der Waals surface area contributed by atoms with E-state index in [-0.39, 0.29) is 6.04 Å². The highest BCUT2D eigenvalue weighted by Crippen LogP contribution is 2.06. The van der Waals surface area contributed by atoms with Crippen LogP contribution in [0, 0.1) is 18.8 Å². The fourth-order valence-electron chi connectivity index (χ4n) is 0.970. The molecule has 0 aliphatic rings. The number of aryl methyl sites for hydroxylation is 1. The predicted octanol–water partition coefficient (Wildman–Crippen LogP) is 1.93. The van der Waals surface area contributed by atoms with Gasteiger partial charge in [0.2, 0.25) is 0 Å². The van der Waals surface area contributed by atoms with Crippen LogP contribution < -0.4 is 5.73 Å². The van der Waals surface area contributed by atoms with E-state index in [1.54, 1.807) is 0 Å². The van der Waals surface area contributed by atoms with Crippen molar-refractivity contribution < 1.29 is 0 Å². The van der Waals surface area contributed by atoms with Gasteiger partial charge in [-0.2, -0.15) is 4.37 Å². The Hall–Kier alpha value is -0.850. The van der Waals surface area contributed by atoms with Gasteiger partial charge in [-0.25, -0.2) is 0 Å². The second-order valence-corrected chi connectivity index (χ2v) is 3.80. The SMILES string of the molecule is CCCC(N)C#Cc1cc(C)ns1. The van der Waals surface area contributed by atoms with Gasteiger partial charge in [-0.15, -0.1) is 0 Å². The molecule has 0 saturated carbocycles. The number of hydrogen-bond donors (Lipinski definition) is 1. The minimum Gasteiger partial charge on any atom is -0.318 e. The topological polar surface area (TPSA) is 38.9 Å². The van der Waals surface area contributed by atoms with Gasteiger partial charge in [0, 0.05) is 0 Å². The summed E-state index contributed by atoms with van der Waals surface area (Å²) in [7, 11) is 0. The Bertz CT molecular complexity index is 319. The minimum absolute atomic E-state index is 0.00686. The molecule has 2 nitrogen and oxygen atoms in total. The van der Waals surface area contributed by atoms with E-state index in [2.05, 4.69) is 23.1 Å². The zero-order valence-electron chi connectivity index (χ0n) is 8.00. The Morgan fingerprint density at radius 2 is 2.46 bits per heavy atom. The first-order valence-electron chi connectivity index (χ1n) is 4.43. The van der Waals surface area contributed by atoms with E-state index in [4.69, 9.17) is 5.73 Å². The van der Waals surface area contributed by atoms with Crippen molar-refractivity contribution in [1.29, 1.82) is 0 Å². The van der Waals surface area contributed by atoms with E-state index in [0.29, 0.717) is 0 Å². The van der Waals surface area contributed by atoms with Gasteiger partial charge in [0.1, 0.15) is 0 Å². The third-order valence-electron chi connectivity index (χ3n) is 1.61. The van der Waals surface area contributed by atoms with Gasteiger partial charge in [0.05, 0.1) is 16.6 Å². The molecule has 0 aliphatic carbocycles. The average Bonchev–Trinajstić information content (AvgIpc) is 2.49. The molecule has 0 spiro atoms. The fourth-order valence-corrected chi connectivity index (χ4v) is 1.59. The van der Waals surface area contributed by atoms with Crippen LogP contribution in [0.1, 0.15) is 30.3 Å². The number of hydrogen-bond acceptors (Lipinski definition) is 3. The van der Waals surface area contributed by atoms with Crippen LogP contribution in [0.5, 0.6) is 0 Å². The number of rotatable bonds is 2. The molecule has 13 heavy (non-hydrogen) atoms. The summed E-state index contributed by atoms with van der Waals surface area (Å²) in [5.74, 6) is 6.04. The van der Waals surface area contributed by atoms with Crippen molar-refractivity contribution in [2.75, 3.05) is 0 Å². The van der Waals surface area contributed by atoms with Crippen LogP contribution in [0.4, 0.5) is 0 Å². The van der Waals surface area contributed by atoms with Gasteiger partial charge in [-0.05, 0) is 30.9 Å². The third kappa shape index (κ3) is 3.58. The summed E-state index contributed by atoms with van der Waals surface area (Å²) in [6.45, 7) is 4.08. The molecular weight excluding hydrogens is 180 g/mol. The standard InChI is InChI=1S/C10H14N2S/c1-3-4-9(11)5-6-10-7-8(2)12-13-10/h7,9H,3-4,11H2,1-2H3. The first-order valence-corrected chi connectivity index (χ1v) is 5.20. The molecule has 1 heterocycles. The van der Waals surface area contributed by atoms with Gasteiger partial charge in [0.15, 0.2) is 0 Å². The first kappa shape index (κ1) is 10.2. The van der Waals surface area contributed by atoms with E-state index in [1.807, 2.05) is 13.0 Å². The molecule has 0 bridgehead atoms. The van der Waals surface area contributed by atoms with Crippen molar-refractivity contribution in [3.63, 3.8) is 0 Å². The highest BCUT2D eigenvalue weighted by Gasteiger charge is 1.95. The molecule has 2 N–H and O–H groups in total. The zero-order chi connectivity index (χ0) is 9.68. The summed E-state index contributed by atoms with van der Waals surface area (Å²) in [6, 6.07) is 1.99. The minimum atomic E-state index is 0.00686. The largest absolute Gasteiger partial charge is 0.318 e. The third-order valence-corrected chi connectivity index (χ3v) is 2.40. The first-order chi connectivity index (χ1) is 6.22. The summed E-state index contributed by atoms with van der Waals surface area (Å²) in [5, 5.41) is 0. The van der Waals surface area contributed by atoms with Gasteiger partial charge in [-0.1, -0.05) is 25.2 Å². The van der Waals surface area contributed by atoms with Crippen LogP contribution >= 0.6 is 11.5 Å². The Labute approximate surface area is 83.3 Å². The molecule has 0 fully saturated rings. The van der Waals surface area contributed by atoms with Crippen LogP contribution in [0.3, 0.4) is 0 Å². The maximum Gasteiger partial charge on any atom is 0.0978 e. The molecule has 1 unspecified atom stereocenters. The summed E-state index contributed by atoms with van der Waals surface area (Å²) < 4.78 is 4.14.